The molecule has 1 saturated heterocycles. The maximum absolute atomic E-state index is 6.13. The molecule has 0 bridgehead atoms. The van der Waals surface area contributed by atoms with Crippen LogP contribution in [0.5, 0.6) is 0 Å². The fourth-order valence-electron chi connectivity index (χ4n) is 2.74. The Balaban J connectivity index is 1.97. The van der Waals surface area contributed by atoms with Crippen molar-refractivity contribution in [1.29, 1.82) is 0 Å². The summed E-state index contributed by atoms with van der Waals surface area (Å²) in [7, 11) is 0. The van der Waals surface area contributed by atoms with Crippen molar-refractivity contribution in [3.8, 4) is 0 Å². The molecule has 0 aliphatic carbocycles. The van der Waals surface area contributed by atoms with Gasteiger partial charge in [-0.05, 0) is 42.7 Å². The Kier molecular flexibility index (Phi) is 3.42. The largest absolute Gasteiger partial charge is 0.397 e. The van der Waals surface area contributed by atoms with Crippen LogP contribution in [0.1, 0.15) is 24.4 Å². The van der Waals surface area contributed by atoms with Crippen LogP contribution in [0.4, 0.5) is 11.4 Å². The van der Waals surface area contributed by atoms with Crippen LogP contribution in [-0.4, -0.2) is 11.5 Å². The number of nitrogens with two attached hydrogens (primary N) is 1. The Morgan fingerprint density at radius 2 is 2.21 bits per heavy atom. The van der Waals surface area contributed by atoms with E-state index in [0.717, 1.165) is 28.8 Å². The molecule has 1 aromatic heterocycles. The van der Waals surface area contributed by atoms with Crippen molar-refractivity contribution in [3.05, 3.63) is 52.8 Å². The summed E-state index contributed by atoms with van der Waals surface area (Å²) in [6.45, 7) is 1.04. The van der Waals surface area contributed by atoms with E-state index in [1.54, 1.807) is 0 Å². The molecule has 1 unspecified atom stereocenters. The van der Waals surface area contributed by atoms with Gasteiger partial charge in [-0.1, -0.05) is 22.0 Å². The number of anilines is 2. The summed E-state index contributed by atoms with van der Waals surface area (Å²) in [6, 6.07) is 10.6. The molecule has 2 N–H and O–H groups in total. The zero-order chi connectivity index (χ0) is 13.2. The highest BCUT2D eigenvalue weighted by atomic mass is 79.9. The number of halogens is 1. The van der Waals surface area contributed by atoms with Crippen molar-refractivity contribution in [2.24, 2.45) is 0 Å². The lowest BCUT2D eigenvalue weighted by atomic mass is 10.1. The van der Waals surface area contributed by atoms with Crippen molar-refractivity contribution in [1.82, 2.24) is 4.98 Å². The van der Waals surface area contributed by atoms with E-state index >= 15 is 0 Å². The van der Waals surface area contributed by atoms with E-state index in [0.29, 0.717) is 6.04 Å². The Morgan fingerprint density at radius 3 is 3.00 bits per heavy atom. The summed E-state index contributed by atoms with van der Waals surface area (Å²) in [4.78, 5) is 6.62. The molecule has 19 heavy (non-hydrogen) atoms. The maximum Gasteiger partial charge on any atom is 0.0616 e. The van der Waals surface area contributed by atoms with E-state index in [1.165, 1.54) is 12.0 Å². The second-order valence-corrected chi connectivity index (χ2v) is 5.76. The van der Waals surface area contributed by atoms with Gasteiger partial charge in [-0.3, -0.25) is 4.98 Å². The summed E-state index contributed by atoms with van der Waals surface area (Å²) in [5.41, 5.74) is 9.34. The van der Waals surface area contributed by atoms with Crippen molar-refractivity contribution in [2.45, 2.75) is 18.9 Å². The Morgan fingerprint density at radius 1 is 1.32 bits per heavy atom. The zero-order valence-electron chi connectivity index (χ0n) is 10.6. The standard InChI is InChI=1S/C15H16BrN3/c16-12-5-6-13(17)15(9-12)19-8-2-4-14(19)11-3-1-7-18-10-11/h1,3,5-7,9-10,14H,2,4,8,17H2. The molecule has 3 nitrogen and oxygen atoms in total. The van der Waals surface area contributed by atoms with Gasteiger partial charge in [0.2, 0.25) is 0 Å². The lowest BCUT2D eigenvalue weighted by Crippen LogP contribution is -2.23. The first kappa shape index (κ1) is 12.5. The Bertz CT molecular complexity index is 571. The minimum Gasteiger partial charge on any atom is -0.397 e. The topological polar surface area (TPSA) is 42.1 Å². The lowest BCUT2D eigenvalue weighted by molar-refractivity contribution is 0.716. The van der Waals surface area contributed by atoms with Gasteiger partial charge >= 0.3 is 0 Å². The van der Waals surface area contributed by atoms with Crippen molar-refractivity contribution >= 4 is 27.3 Å². The van der Waals surface area contributed by atoms with Crippen molar-refractivity contribution in [3.63, 3.8) is 0 Å². The maximum atomic E-state index is 6.13. The molecule has 0 radical (unpaired) electrons. The molecule has 1 fully saturated rings. The minimum absolute atomic E-state index is 0.380. The molecule has 0 saturated carbocycles. The van der Waals surface area contributed by atoms with E-state index in [2.05, 4.69) is 37.9 Å². The summed E-state index contributed by atoms with van der Waals surface area (Å²) in [5.74, 6) is 0. The van der Waals surface area contributed by atoms with Gasteiger partial charge in [0.1, 0.15) is 0 Å². The van der Waals surface area contributed by atoms with Crippen LogP contribution in [0, 0.1) is 0 Å². The van der Waals surface area contributed by atoms with E-state index in [4.69, 9.17) is 5.73 Å². The number of hydrogen-bond acceptors (Lipinski definition) is 3. The number of hydrogen-bond donors (Lipinski definition) is 1. The van der Waals surface area contributed by atoms with Gasteiger partial charge < -0.3 is 10.6 Å². The highest BCUT2D eigenvalue weighted by molar-refractivity contribution is 9.10. The molecule has 1 atom stereocenters. The fourth-order valence-corrected chi connectivity index (χ4v) is 3.09. The minimum atomic E-state index is 0.380. The summed E-state index contributed by atoms with van der Waals surface area (Å²) < 4.78 is 1.06. The molecule has 2 heterocycles. The molecule has 0 spiro atoms. The smallest absolute Gasteiger partial charge is 0.0616 e. The zero-order valence-corrected chi connectivity index (χ0v) is 12.2. The van der Waals surface area contributed by atoms with Gasteiger partial charge in [-0.15, -0.1) is 0 Å². The van der Waals surface area contributed by atoms with Crippen LogP contribution >= 0.6 is 15.9 Å². The third-order valence-corrected chi connectivity index (χ3v) is 4.12. The fraction of sp³-hybridized carbons (Fsp3) is 0.267. The molecule has 1 aromatic carbocycles. The number of nitrogens with zero attached hydrogens (tertiary/aromatic N) is 2. The van der Waals surface area contributed by atoms with Gasteiger partial charge in [-0.25, -0.2) is 0 Å². The highest BCUT2D eigenvalue weighted by Crippen LogP contribution is 2.39. The summed E-state index contributed by atoms with van der Waals surface area (Å²) in [5, 5.41) is 0. The van der Waals surface area contributed by atoms with Crippen molar-refractivity contribution < 1.29 is 0 Å². The number of pyridine rings is 1. The monoisotopic (exact) mass is 317 g/mol. The van der Waals surface area contributed by atoms with Crippen LogP contribution in [0.2, 0.25) is 0 Å². The first-order valence-corrected chi connectivity index (χ1v) is 7.26. The van der Waals surface area contributed by atoms with E-state index < -0.39 is 0 Å². The first-order valence-electron chi connectivity index (χ1n) is 6.47. The average Bonchev–Trinajstić information content (AvgIpc) is 2.91. The number of aromatic nitrogens is 1. The predicted octanol–water partition coefficient (Wildman–Crippen LogP) is 3.77. The third-order valence-electron chi connectivity index (χ3n) is 3.62. The predicted molar refractivity (Wildman–Crippen MR) is 82.1 cm³/mol. The summed E-state index contributed by atoms with van der Waals surface area (Å²) >= 11 is 3.53. The number of benzene rings is 1. The summed E-state index contributed by atoms with van der Waals surface area (Å²) in [6.07, 6.45) is 6.11. The SMILES string of the molecule is Nc1ccc(Br)cc1N1CCCC1c1cccnc1. The lowest BCUT2D eigenvalue weighted by Gasteiger charge is -2.28. The molecular formula is C15H16BrN3. The van der Waals surface area contributed by atoms with Crippen LogP contribution in [0.15, 0.2) is 47.2 Å². The molecule has 0 amide bonds. The van der Waals surface area contributed by atoms with Gasteiger partial charge in [0.25, 0.3) is 0 Å². The van der Waals surface area contributed by atoms with Crippen LogP contribution < -0.4 is 10.6 Å². The van der Waals surface area contributed by atoms with Crippen LogP contribution in [0.25, 0.3) is 0 Å². The van der Waals surface area contributed by atoms with Crippen molar-refractivity contribution in [2.75, 3.05) is 17.2 Å². The molecule has 3 rings (SSSR count). The van der Waals surface area contributed by atoms with E-state index in [-0.39, 0.29) is 0 Å². The van der Waals surface area contributed by atoms with Gasteiger partial charge in [0.15, 0.2) is 0 Å². The Labute approximate surface area is 121 Å². The normalized spacial score (nSPS) is 18.8. The first-order chi connectivity index (χ1) is 9.25. The quantitative estimate of drug-likeness (QED) is 0.857. The third kappa shape index (κ3) is 2.45. The Hall–Kier alpha value is -1.55. The molecule has 1 aliphatic rings. The number of nitrogen functional groups attached to an aromatic ring is 1. The van der Waals surface area contributed by atoms with Gasteiger partial charge in [0, 0.05) is 23.4 Å². The molecular weight excluding hydrogens is 302 g/mol. The van der Waals surface area contributed by atoms with E-state index in [1.807, 2.05) is 30.6 Å². The van der Waals surface area contributed by atoms with Gasteiger partial charge in [-0.2, -0.15) is 0 Å². The highest BCUT2D eigenvalue weighted by Gasteiger charge is 2.27. The molecule has 4 heteroatoms. The van der Waals surface area contributed by atoms with Crippen LogP contribution in [-0.2, 0) is 0 Å². The molecule has 98 valence electrons. The second-order valence-electron chi connectivity index (χ2n) is 4.84. The number of rotatable bonds is 2. The molecule has 1 aliphatic heterocycles. The molecule has 2 aromatic rings. The average molecular weight is 318 g/mol. The van der Waals surface area contributed by atoms with E-state index in [9.17, 15) is 0 Å². The second kappa shape index (κ2) is 5.21. The van der Waals surface area contributed by atoms with Crippen LogP contribution in [0.3, 0.4) is 0 Å². The van der Waals surface area contributed by atoms with Gasteiger partial charge in [0.05, 0.1) is 17.4 Å².